The lowest BCUT2D eigenvalue weighted by molar-refractivity contribution is -0.135. The number of rotatable bonds is 6. The van der Waals surface area contributed by atoms with Gasteiger partial charge in [0.1, 0.15) is 0 Å². The molecule has 2 aromatic rings. The number of hydrogen-bond donors (Lipinski definition) is 1. The molecule has 1 heterocycles. The molecule has 1 saturated heterocycles. The SMILES string of the molecule is C.CCN(CC)C(=O)c1ccc(C(=C2CCN(OC)CC2)c2ccccc2N)cc1. The molecule has 0 aliphatic carbocycles. The molecule has 0 unspecified atom stereocenters. The molecule has 5 nitrogen and oxygen atoms in total. The van der Waals surface area contributed by atoms with Gasteiger partial charge in [-0.15, -0.1) is 0 Å². The Morgan fingerprint density at radius 3 is 2.10 bits per heavy atom. The van der Waals surface area contributed by atoms with E-state index in [9.17, 15) is 4.79 Å². The first-order valence-corrected chi connectivity index (χ1v) is 10.3. The number of amides is 1. The van der Waals surface area contributed by atoms with Gasteiger partial charge in [0.15, 0.2) is 0 Å². The van der Waals surface area contributed by atoms with E-state index < -0.39 is 0 Å². The largest absolute Gasteiger partial charge is 0.398 e. The molecule has 1 aliphatic rings. The van der Waals surface area contributed by atoms with E-state index in [1.165, 1.54) is 11.1 Å². The smallest absolute Gasteiger partial charge is 0.253 e. The molecule has 0 saturated carbocycles. The molecule has 30 heavy (non-hydrogen) atoms. The Balaban J connectivity index is 0.00000320. The molecule has 0 atom stereocenters. The maximum atomic E-state index is 12.7. The molecule has 0 radical (unpaired) electrons. The lowest BCUT2D eigenvalue weighted by atomic mass is 9.87. The van der Waals surface area contributed by atoms with Crippen LogP contribution >= 0.6 is 0 Å². The van der Waals surface area contributed by atoms with E-state index in [1.54, 1.807) is 7.11 Å². The average molecular weight is 410 g/mol. The van der Waals surface area contributed by atoms with Gasteiger partial charge >= 0.3 is 0 Å². The maximum absolute atomic E-state index is 12.7. The first-order chi connectivity index (χ1) is 14.1. The van der Waals surface area contributed by atoms with Crippen molar-refractivity contribution in [2.75, 3.05) is 39.0 Å². The van der Waals surface area contributed by atoms with E-state index in [0.717, 1.165) is 48.3 Å². The molecule has 1 fully saturated rings. The molecule has 1 amide bonds. The Morgan fingerprint density at radius 2 is 1.57 bits per heavy atom. The molecule has 2 aromatic carbocycles. The maximum Gasteiger partial charge on any atom is 0.253 e. The van der Waals surface area contributed by atoms with Crippen LogP contribution in [-0.2, 0) is 4.84 Å². The van der Waals surface area contributed by atoms with Crippen LogP contribution < -0.4 is 5.73 Å². The van der Waals surface area contributed by atoms with Crippen molar-refractivity contribution in [3.63, 3.8) is 0 Å². The summed E-state index contributed by atoms with van der Waals surface area (Å²) in [6.45, 7) is 7.15. The highest BCUT2D eigenvalue weighted by molar-refractivity contribution is 5.95. The third-order valence-corrected chi connectivity index (χ3v) is 5.64. The molecule has 3 rings (SSSR count). The van der Waals surface area contributed by atoms with E-state index in [4.69, 9.17) is 10.6 Å². The van der Waals surface area contributed by atoms with Crippen molar-refractivity contribution < 1.29 is 9.63 Å². The fraction of sp³-hybridized carbons (Fsp3) is 0.400. The van der Waals surface area contributed by atoms with Gasteiger partial charge in [0.2, 0.25) is 0 Å². The monoisotopic (exact) mass is 409 g/mol. The van der Waals surface area contributed by atoms with Crippen LogP contribution in [0.2, 0.25) is 0 Å². The summed E-state index contributed by atoms with van der Waals surface area (Å²) in [6, 6.07) is 16.0. The van der Waals surface area contributed by atoms with Crippen molar-refractivity contribution in [2.24, 2.45) is 0 Å². The molecule has 0 aromatic heterocycles. The number of nitrogen functional groups attached to an aromatic ring is 1. The lowest BCUT2D eigenvalue weighted by Crippen LogP contribution is -2.30. The van der Waals surface area contributed by atoms with Gasteiger partial charge in [0.05, 0.1) is 7.11 Å². The van der Waals surface area contributed by atoms with Gasteiger partial charge < -0.3 is 15.5 Å². The van der Waals surface area contributed by atoms with Crippen molar-refractivity contribution in [3.05, 3.63) is 70.8 Å². The lowest BCUT2D eigenvalue weighted by Gasteiger charge is -2.28. The van der Waals surface area contributed by atoms with Crippen molar-refractivity contribution in [2.45, 2.75) is 34.1 Å². The normalized spacial score (nSPS) is 14.2. The van der Waals surface area contributed by atoms with Gasteiger partial charge in [0, 0.05) is 43.0 Å². The van der Waals surface area contributed by atoms with Gasteiger partial charge in [0.25, 0.3) is 5.91 Å². The third kappa shape index (κ3) is 5.10. The summed E-state index contributed by atoms with van der Waals surface area (Å²) in [7, 11) is 1.72. The van der Waals surface area contributed by atoms with Crippen LogP contribution in [0, 0.1) is 0 Å². The Morgan fingerprint density at radius 1 is 1.00 bits per heavy atom. The van der Waals surface area contributed by atoms with Crippen molar-refractivity contribution in [1.29, 1.82) is 0 Å². The highest BCUT2D eigenvalue weighted by Crippen LogP contribution is 2.35. The fourth-order valence-electron chi connectivity index (χ4n) is 3.94. The summed E-state index contributed by atoms with van der Waals surface area (Å²) in [6.07, 6.45) is 1.86. The van der Waals surface area contributed by atoms with E-state index in [1.807, 2.05) is 66.3 Å². The van der Waals surface area contributed by atoms with Crippen LogP contribution in [0.1, 0.15) is 55.6 Å². The van der Waals surface area contributed by atoms with Gasteiger partial charge in [-0.05, 0) is 56.0 Å². The third-order valence-electron chi connectivity index (χ3n) is 5.64. The van der Waals surface area contributed by atoms with Crippen LogP contribution in [0.15, 0.2) is 54.1 Å². The van der Waals surface area contributed by atoms with Crippen LogP contribution in [0.4, 0.5) is 5.69 Å². The highest BCUT2D eigenvalue weighted by atomic mass is 16.7. The summed E-state index contributed by atoms with van der Waals surface area (Å²) in [5.41, 5.74) is 12.5. The molecule has 2 N–H and O–H groups in total. The number of carbonyl (C=O) groups excluding carboxylic acids is 1. The number of hydrogen-bond acceptors (Lipinski definition) is 4. The van der Waals surface area contributed by atoms with E-state index in [-0.39, 0.29) is 13.3 Å². The standard InChI is InChI=1S/C24H31N3O2.CH4/c1-4-26(5-2)24(28)20-12-10-18(11-13-20)23(21-8-6-7-9-22(21)25)19-14-16-27(29-3)17-15-19;/h6-13H,4-5,14-17,25H2,1-3H3;1H4. The average Bonchev–Trinajstić information content (AvgIpc) is 2.77. The minimum Gasteiger partial charge on any atom is -0.398 e. The number of piperidine rings is 1. The summed E-state index contributed by atoms with van der Waals surface area (Å²) in [5, 5.41) is 1.99. The van der Waals surface area contributed by atoms with Crippen LogP contribution in [0.5, 0.6) is 0 Å². The number of carbonyl (C=O) groups is 1. The van der Waals surface area contributed by atoms with Crippen LogP contribution in [-0.4, -0.2) is 49.2 Å². The van der Waals surface area contributed by atoms with Gasteiger partial charge in [-0.25, -0.2) is 0 Å². The Labute approximate surface area is 181 Å². The molecular formula is C25H35N3O2. The second-order valence-electron chi connectivity index (χ2n) is 7.23. The van der Waals surface area contributed by atoms with Crippen LogP contribution in [0.25, 0.3) is 5.57 Å². The summed E-state index contributed by atoms with van der Waals surface area (Å²) >= 11 is 0. The fourth-order valence-corrected chi connectivity index (χ4v) is 3.94. The van der Waals surface area contributed by atoms with Crippen LogP contribution in [0.3, 0.4) is 0 Å². The molecule has 0 bridgehead atoms. The molecular weight excluding hydrogens is 374 g/mol. The van der Waals surface area contributed by atoms with Gasteiger partial charge in [-0.2, -0.15) is 5.06 Å². The topological polar surface area (TPSA) is 58.8 Å². The Kier molecular flexibility index (Phi) is 8.63. The minimum absolute atomic E-state index is 0. The zero-order chi connectivity index (χ0) is 20.8. The number of nitrogens with zero attached hydrogens (tertiary/aromatic N) is 2. The number of anilines is 1. The van der Waals surface area contributed by atoms with E-state index >= 15 is 0 Å². The number of para-hydroxylation sites is 1. The minimum atomic E-state index is 0. The molecule has 162 valence electrons. The zero-order valence-electron chi connectivity index (χ0n) is 17.6. The quantitative estimate of drug-likeness (QED) is 0.693. The first-order valence-electron chi connectivity index (χ1n) is 10.3. The second-order valence-corrected chi connectivity index (χ2v) is 7.23. The number of benzene rings is 2. The van der Waals surface area contributed by atoms with Crippen molar-refractivity contribution >= 4 is 17.2 Å². The summed E-state index contributed by atoms with van der Waals surface area (Å²) < 4.78 is 0. The predicted molar refractivity (Wildman–Crippen MR) is 125 cm³/mol. The van der Waals surface area contributed by atoms with Gasteiger partial charge in [-0.1, -0.05) is 43.3 Å². The second kappa shape index (κ2) is 11.0. The zero-order valence-corrected chi connectivity index (χ0v) is 17.6. The first kappa shape index (κ1) is 23.6. The molecule has 1 aliphatic heterocycles. The van der Waals surface area contributed by atoms with E-state index in [0.29, 0.717) is 13.1 Å². The Bertz CT molecular complexity index is 860. The van der Waals surface area contributed by atoms with Gasteiger partial charge in [-0.3, -0.25) is 4.79 Å². The Hall–Kier alpha value is -2.63. The van der Waals surface area contributed by atoms with Crippen molar-refractivity contribution in [3.8, 4) is 0 Å². The number of hydroxylamine groups is 2. The highest BCUT2D eigenvalue weighted by Gasteiger charge is 2.20. The number of nitrogens with two attached hydrogens (primary N) is 1. The predicted octanol–water partition coefficient (Wildman–Crippen LogP) is 4.85. The summed E-state index contributed by atoms with van der Waals surface area (Å²) in [5.74, 6) is 0.0726. The molecule has 0 spiro atoms. The van der Waals surface area contributed by atoms with E-state index in [2.05, 4.69) is 6.07 Å². The molecule has 5 heteroatoms. The summed E-state index contributed by atoms with van der Waals surface area (Å²) in [4.78, 5) is 19.9. The van der Waals surface area contributed by atoms with Crippen molar-refractivity contribution in [1.82, 2.24) is 9.96 Å².